The molecule has 0 unspecified atom stereocenters. The summed E-state index contributed by atoms with van der Waals surface area (Å²) in [6.07, 6.45) is 2.98. The number of allylic oxidation sites excluding steroid dienone is 1. The SMILES string of the molecule is COc1cccc(/C=C/C(=O)c2ccc(SCC(=O)O)c(F)c2)c1. The predicted molar refractivity (Wildman–Crippen MR) is 91.1 cm³/mol. The molecule has 0 saturated carbocycles. The summed E-state index contributed by atoms with van der Waals surface area (Å²) in [7, 11) is 1.56. The number of ketones is 1. The molecule has 6 heteroatoms. The molecule has 2 aromatic carbocycles. The zero-order valence-corrected chi connectivity index (χ0v) is 13.7. The number of carboxylic acid groups (broad SMARTS) is 1. The molecule has 24 heavy (non-hydrogen) atoms. The van der Waals surface area contributed by atoms with Crippen LogP contribution in [0, 0.1) is 5.82 Å². The van der Waals surface area contributed by atoms with Gasteiger partial charge in [-0.25, -0.2) is 4.39 Å². The number of carbonyl (C=O) groups excluding carboxylic acids is 1. The van der Waals surface area contributed by atoms with Gasteiger partial charge >= 0.3 is 5.97 Å². The number of ether oxygens (including phenoxy) is 1. The highest BCUT2D eigenvalue weighted by molar-refractivity contribution is 8.00. The number of halogens is 1. The Morgan fingerprint density at radius 1 is 1.25 bits per heavy atom. The molecule has 1 N–H and O–H groups in total. The molecule has 2 aromatic rings. The summed E-state index contributed by atoms with van der Waals surface area (Å²) >= 11 is 0.872. The monoisotopic (exact) mass is 346 g/mol. The smallest absolute Gasteiger partial charge is 0.313 e. The molecule has 0 radical (unpaired) electrons. The summed E-state index contributed by atoms with van der Waals surface area (Å²) in [5, 5.41) is 8.61. The first-order valence-electron chi connectivity index (χ1n) is 7.00. The molecule has 0 aliphatic rings. The fourth-order valence-corrected chi connectivity index (χ4v) is 2.56. The third kappa shape index (κ3) is 4.96. The van der Waals surface area contributed by atoms with Crippen molar-refractivity contribution in [1.29, 1.82) is 0 Å². The summed E-state index contributed by atoms with van der Waals surface area (Å²) in [6.45, 7) is 0. The van der Waals surface area contributed by atoms with Crippen LogP contribution < -0.4 is 4.74 Å². The van der Waals surface area contributed by atoms with Gasteiger partial charge in [0.15, 0.2) is 5.78 Å². The number of hydrogen-bond acceptors (Lipinski definition) is 4. The first-order valence-corrected chi connectivity index (χ1v) is 7.99. The molecule has 0 heterocycles. The number of aliphatic carboxylic acids is 1. The first kappa shape index (κ1) is 17.7. The lowest BCUT2D eigenvalue weighted by molar-refractivity contribution is -0.133. The minimum atomic E-state index is -1.03. The zero-order chi connectivity index (χ0) is 17.5. The molecule has 0 amide bonds. The Morgan fingerprint density at radius 2 is 2.04 bits per heavy atom. The van der Waals surface area contributed by atoms with Gasteiger partial charge in [0.25, 0.3) is 0 Å². The average molecular weight is 346 g/mol. The standard InChI is InChI=1S/C18H15FO4S/c1-23-14-4-2-3-12(9-14)5-7-16(20)13-6-8-17(15(19)10-13)24-11-18(21)22/h2-10H,11H2,1H3,(H,21,22)/b7-5+. The van der Waals surface area contributed by atoms with Crippen LogP contribution in [0.5, 0.6) is 5.75 Å². The van der Waals surface area contributed by atoms with Gasteiger partial charge in [-0.05, 0) is 42.0 Å². The van der Waals surface area contributed by atoms with Gasteiger partial charge < -0.3 is 9.84 Å². The third-order valence-electron chi connectivity index (χ3n) is 3.09. The van der Waals surface area contributed by atoms with Crippen molar-refractivity contribution in [3.8, 4) is 5.75 Å². The number of hydrogen-bond donors (Lipinski definition) is 1. The average Bonchev–Trinajstić information content (AvgIpc) is 2.58. The van der Waals surface area contributed by atoms with Crippen molar-refractivity contribution < 1.29 is 23.8 Å². The predicted octanol–water partition coefficient (Wildman–Crippen LogP) is 3.91. The Morgan fingerprint density at radius 3 is 2.71 bits per heavy atom. The van der Waals surface area contributed by atoms with E-state index in [9.17, 15) is 14.0 Å². The van der Waals surface area contributed by atoms with E-state index in [1.807, 2.05) is 6.07 Å². The van der Waals surface area contributed by atoms with Crippen LogP contribution in [0.2, 0.25) is 0 Å². The maximum atomic E-state index is 13.9. The highest BCUT2D eigenvalue weighted by atomic mass is 32.2. The molecule has 0 spiro atoms. The van der Waals surface area contributed by atoms with E-state index in [-0.39, 0.29) is 22.0 Å². The van der Waals surface area contributed by atoms with E-state index < -0.39 is 11.8 Å². The molecule has 0 fully saturated rings. The molecule has 124 valence electrons. The molecular formula is C18H15FO4S. The molecule has 2 rings (SSSR count). The number of methoxy groups -OCH3 is 1. The molecular weight excluding hydrogens is 331 g/mol. The third-order valence-corrected chi connectivity index (χ3v) is 4.12. The van der Waals surface area contributed by atoms with Crippen molar-refractivity contribution in [1.82, 2.24) is 0 Å². The van der Waals surface area contributed by atoms with Gasteiger partial charge in [0.05, 0.1) is 12.9 Å². The Balaban J connectivity index is 2.10. The molecule has 4 nitrogen and oxygen atoms in total. The van der Waals surface area contributed by atoms with E-state index in [0.29, 0.717) is 5.75 Å². The fourth-order valence-electron chi connectivity index (χ4n) is 1.92. The lowest BCUT2D eigenvalue weighted by Gasteiger charge is -2.03. The summed E-state index contributed by atoms with van der Waals surface area (Å²) in [6, 6.07) is 11.2. The van der Waals surface area contributed by atoms with Crippen LogP contribution in [-0.2, 0) is 4.79 Å². The summed E-state index contributed by atoms with van der Waals surface area (Å²) in [4.78, 5) is 22.8. The molecule has 0 aliphatic heterocycles. The Labute approximate surface area is 143 Å². The van der Waals surface area contributed by atoms with Crippen molar-refractivity contribution in [3.63, 3.8) is 0 Å². The van der Waals surface area contributed by atoms with Crippen LogP contribution in [0.4, 0.5) is 4.39 Å². The number of carboxylic acids is 1. The van der Waals surface area contributed by atoms with Crippen LogP contribution in [0.3, 0.4) is 0 Å². The summed E-state index contributed by atoms with van der Waals surface area (Å²) < 4.78 is 19.0. The second kappa shape index (κ2) is 8.31. The van der Waals surface area contributed by atoms with Crippen molar-refractivity contribution in [2.75, 3.05) is 12.9 Å². The Bertz CT molecular complexity index is 786. The number of thioether (sulfide) groups is 1. The molecule has 0 bridgehead atoms. The number of carbonyl (C=O) groups is 2. The van der Waals surface area contributed by atoms with Crippen LogP contribution in [-0.4, -0.2) is 29.7 Å². The Hall–Kier alpha value is -2.60. The van der Waals surface area contributed by atoms with E-state index >= 15 is 0 Å². The largest absolute Gasteiger partial charge is 0.497 e. The minimum Gasteiger partial charge on any atom is -0.497 e. The van der Waals surface area contributed by atoms with E-state index in [1.54, 1.807) is 31.4 Å². The second-order valence-corrected chi connectivity index (χ2v) is 5.82. The van der Waals surface area contributed by atoms with Gasteiger partial charge in [0.1, 0.15) is 11.6 Å². The van der Waals surface area contributed by atoms with Gasteiger partial charge in [-0.2, -0.15) is 0 Å². The molecule has 0 aliphatic carbocycles. The molecule has 0 saturated heterocycles. The number of benzene rings is 2. The van der Waals surface area contributed by atoms with Crippen LogP contribution in [0.1, 0.15) is 15.9 Å². The normalized spacial score (nSPS) is 10.8. The minimum absolute atomic E-state index is 0.200. The lowest BCUT2D eigenvalue weighted by Crippen LogP contribution is -2.00. The first-order chi connectivity index (χ1) is 11.5. The maximum absolute atomic E-state index is 13.9. The van der Waals surface area contributed by atoms with E-state index in [1.165, 1.54) is 18.2 Å². The van der Waals surface area contributed by atoms with Crippen molar-refractivity contribution >= 4 is 29.6 Å². The van der Waals surface area contributed by atoms with Gasteiger partial charge in [-0.3, -0.25) is 9.59 Å². The van der Waals surface area contributed by atoms with Crippen molar-refractivity contribution in [2.45, 2.75) is 4.90 Å². The zero-order valence-electron chi connectivity index (χ0n) is 12.9. The summed E-state index contributed by atoms with van der Waals surface area (Å²) in [5.74, 6) is -1.54. The molecule has 0 atom stereocenters. The number of rotatable bonds is 7. The van der Waals surface area contributed by atoms with Gasteiger partial charge in [-0.15, -0.1) is 11.8 Å². The van der Waals surface area contributed by atoms with Crippen LogP contribution in [0.25, 0.3) is 6.08 Å². The van der Waals surface area contributed by atoms with Gasteiger partial charge in [0.2, 0.25) is 0 Å². The van der Waals surface area contributed by atoms with E-state index in [4.69, 9.17) is 9.84 Å². The summed E-state index contributed by atoms with van der Waals surface area (Å²) in [5.41, 5.74) is 0.989. The quantitative estimate of drug-likeness (QED) is 0.468. The fraction of sp³-hybridized carbons (Fsp3) is 0.111. The van der Waals surface area contributed by atoms with Crippen LogP contribution in [0.15, 0.2) is 53.4 Å². The Kier molecular flexibility index (Phi) is 6.14. The van der Waals surface area contributed by atoms with Crippen molar-refractivity contribution in [2.24, 2.45) is 0 Å². The van der Waals surface area contributed by atoms with Crippen molar-refractivity contribution in [3.05, 3.63) is 65.5 Å². The highest BCUT2D eigenvalue weighted by Crippen LogP contribution is 2.23. The highest BCUT2D eigenvalue weighted by Gasteiger charge is 2.09. The van der Waals surface area contributed by atoms with Gasteiger partial charge in [0, 0.05) is 10.5 Å². The van der Waals surface area contributed by atoms with Crippen LogP contribution >= 0.6 is 11.8 Å². The van der Waals surface area contributed by atoms with E-state index in [0.717, 1.165) is 23.4 Å². The molecule has 0 aromatic heterocycles. The lowest BCUT2D eigenvalue weighted by atomic mass is 10.1. The van der Waals surface area contributed by atoms with Gasteiger partial charge in [-0.1, -0.05) is 18.2 Å². The maximum Gasteiger partial charge on any atom is 0.313 e. The topological polar surface area (TPSA) is 63.6 Å². The van der Waals surface area contributed by atoms with E-state index in [2.05, 4.69) is 0 Å². The second-order valence-electron chi connectivity index (χ2n) is 4.80.